The number of methoxy groups -OCH3 is 2. The molecule has 1 N–H and O–H groups in total. The van der Waals surface area contributed by atoms with Gasteiger partial charge in [0.05, 0.1) is 31.6 Å². The number of hydrogen-bond donors (Lipinski definition) is 1. The van der Waals surface area contributed by atoms with Gasteiger partial charge in [-0.25, -0.2) is 10.2 Å². The van der Waals surface area contributed by atoms with Crippen LogP contribution in [0.2, 0.25) is 0 Å². The van der Waals surface area contributed by atoms with Gasteiger partial charge in [-0.1, -0.05) is 31.9 Å². The van der Waals surface area contributed by atoms with E-state index in [1.807, 2.05) is 0 Å². The van der Waals surface area contributed by atoms with Gasteiger partial charge in [0.15, 0.2) is 0 Å². The second kappa shape index (κ2) is 10.9. The summed E-state index contributed by atoms with van der Waals surface area (Å²) in [7, 11) is 3.03. The Labute approximate surface area is 201 Å². The zero-order chi connectivity index (χ0) is 23.1. The highest BCUT2D eigenvalue weighted by Crippen LogP contribution is 2.24. The Kier molecular flexibility index (Phi) is 8.02. The van der Waals surface area contributed by atoms with Crippen LogP contribution in [0.25, 0.3) is 0 Å². The van der Waals surface area contributed by atoms with Crippen LogP contribution >= 0.6 is 31.9 Å². The number of nitrogens with one attached hydrogen (secondary N) is 1. The average molecular weight is 562 g/mol. The van der Waals surface area contributed by atoms with Gasteiger partial charge in [-0.05, 0) is 60.7 Å². The molecule has 32 heavy (non-hydrogen) atoms. The van der Waals surface area contributed by atoms with Gasteiger partial charge in [-0.3, -0.25) is 4.79 Å². The number of carbonyl (C=O) groups excluding carboxylic acids is 2. The van der Waals surface area contributed by atoms with Crippen LogP contribution in [0, 0.1) is 0 Å². The molecule has 9 heteroatoms. The van der Waals surface area contributed by atoms with Gasteiger partial charge in [-0.2, -0.15) is 5.10 Å². The van der Waals surface area contributed by atoms with Gasteiger partial charge < -0.3 is 14.2 Å². The molecule has 0 heterocycles. The van der Waals surface area contributed by atoms with Gasteiger partial charge in [0.1, 0.15) is 17.2 Å². The summed E-state index contributed by atoms with van der Waals surface area (Å²) in [4.78, 5) is 25.0. The topological polar surface area (TPSA) is 86.2 Å². The quantitative estimate of drug-likeness (QED) is 0.185. The minimum absolute atomic E-state index is 0.284. The van der Waals surface area contributed by atoms with Crippen molar-refractivity contribution >= 4 is 50.0 Å². The number of esters is 1. The molecule has 0 atom stereocenters. The molecule has 0 aliphatic carbocycles. The fourth-order valence-electron chi connectivity index (χ4n) is 2.68. The number of carbonyl (C=O) groups is 2. The molecule has 0 unspecified atom stereocenters. The highest BCUT2D eigenvalue weighted by Gasteiger charge is 2.14. The summed E-state index contributed by atoms with van der Waals surface area (Å²) in [6, 6.07) is 16.7. The maximum atomic E-state index is 12.5. The molecule has 0 aromatic heterocycles. The Morgan fingerprint density at radius 2 is 1.53 bits per heavy atom. The molecule has 1 amide bonds. The zero-order valence-corrected chi connectivity index (χ0v) is 20.3. The molecule has 0 saturated carbocycles. The van der Waals surface area contributed by atoms with E-state index in [4.69, 9.17) is 14.2 Å². The van der Waals surface area contributed by atoms with Crippen molar-refractivity contribution in [3.05, 3.63) is 86.3 Å². The van der Waals surface area contributed by atoms with E-state index in [9.17, 15) is 9.59 Å². The Hall–Kier alpha value is -3.17. The summed E-state index contributed by atoms with van der Waals surface area (Å²) in [6.07, 6.45) is 1.39. The molecule has 7 nitrogen and oxygen atoms in total. The Morgan fingerprint density at radius 1 is 0.875 bits per heavy atom. The summed E-state index contributed by atoms with van der Waals surface area (Å²) < 4.78 is 17.3. The number of amides is 1. The third kappa shape index (κ3) is 5.95. The fourth-order valence-corrected chi connectivity index (χ4v) is 3.42. The average Bonchev–Trinajstić information content (AvgIpc) is 2.80. The number of hydrogen-bond acceptors (Lipinski definition) is 6. The number of benzene rings is 3. The molecular formula is C23H18Br2N2O5. The maximum Gasteiger partial charge on any atom is 0.343 e. The largest absolute Gasteiger partial charge is 0.497 e. The predicted molar refractivity (Wildman–Crippen MR) is 128 cm³/mol. The molecular weight excluding hydrogens is 544 g/mol. The fraction of sp³-hybridized carbons (Fsp3) is 0.0870. The predicted octanol–water partition coefficient (Wildman–Crippen LogP) is 5.21. The van der Waals surface area contributed by atoms with Crippen LogP contribution < -0.4 is 19.6 Å². The van der Waals surface area contributed by atoms with Crippen LogP contribution in [0.5, 0.6) is 17.2 Å². The van der Waals surface area contributed by atoms with Crippen molar-refractivity contribution in [1.29, 1.82) is 0 Å². The number of rotatable bonds is 7. The van der Waals surface area contributed by atoms with E-state index in [1.54, 1.807) is 67.8 Å². The summed E-state index contributed by atoms with van der Waals surface area (Å²) in [5, 5.41) is 4.00. The Bertz CT molecular complexity index is 1160. The van der Waals surface area contributed by atoms with Crippen LogP contribution in [0.3, 0.4) is 0 Å². The lowest BCUT2D eigenvalue weighted by atomic mass is 10.2. The first-order chi connectivity index (χ1) is 15.4. The number of nitrogens with zero attached hydrogens (tertiary/aromatic N) is 1. The van der Waals surface area contributed by atoms with Crippen LogP contribution in [0.4, 0.5) is 0 Å². The Morgan fingerprint density at radius 3 is 2.19 bits per heavy atom. The van der Waals surface area contributed by atoms with Crippen molar-refractivity contribution < 1.29 is 23.8 Å². The van der Waals surface area contributed by atoms with Crippen molar-refractivity contribution in [2.75, 3.05) is 14.2 Å². The molecule has 3 rings (SSSR count). The van der Waals surface area contributed by atoms with E-state index in [0.717, 1.165) is 8.95 Å². The first kappa shape index (κ1) is 23.5. The van der Waals surface area contributed by atoms with Crippen LogP contribution in [0.15, 0.2) is 74.7 Å². The SMILES string of the molecule is COc1ccc(C(=O)Oc2ccc(Br)cc2C=NNC(=O)c2cc(Br)ccc2OC)cc1. The van der Waals surface area contributed by atoms with Gasteiger partial charge in [-0.15, -0.1) is 0 Å². The molecule has 0 fully saturated rings. The molecule has 164 valence electrons. The minimum atomic E-state index is -0.535. The van der Waals surface area contributed by atoms with Crippen molar-refractivity contribution in [2.45, 2.75) is 0 Å². The van der Waals surface area contributed by atoms with Crippen LogP contribution in [-0.4, -0.2) is 32.3 Å². The summed E-state index contributed by atoms with van der Waals surface area (Å²) in [6.45, 7) is 0. The molecule has 0 aliphatic heterocycles. The lowest BCUT2D eigenvalue weighted by molar-refractivity contribution is 0.0734. The Balaban J connectivity index is 1.76. The van der Waals surface area contributed by atoms with Crippen LogP contribution in [-0.2, 0) is 0 Å². The van der Waals surface area contributed by atoms with Crippen molar-refractivity contribution in [1.82, 2.24) is 5.43 Å². The molecule has 0 spiro atoms. The lowest BCUT2D eigenvalue weighted by Crippen LogP contribution is -2.18. The first-order valence-electron chi connectivity index (χ1n) is 9.24. The van der Waals surface area contributed by atoms with Crippen molar-refractivity contribution in [2.24, 2.45) is 5.10 Å². The molecule has 3 aromatic carbocycles. The van der Waals surface area contributed by atoms with E-state index in [0.29, 0.717) is 28.2 Å². The standard InChI is InChI=1S/C23H18Br2N2O5/c1-30-18-7-3-14(4-8-18)23(29)32-20-9-5-16(24)11-15(20)13-26-27-22(28)19-12-17(25)6-10-21(19)31-2/h3-13H,1-2H3,(H,27,28). The van der Waals surface area contributed by atoms with Gasteiger partial charge in [0.25, 0.3) is 5.91 Å². The van der Waals surface area contributed by atoms with E-state index >= 15 is 0 Å². The second-order valence-electron chi connectivity index (χ2n) is 6.34. The lowest BCUT2D eigenvalue weighted by Gasteiger charge is -2.09. The third-order valence-corrected chi connectivity index (χ3v) is 5.26. The van der Waals surface area contributed by atoms with Gasteiger partial charge in [0, 0.05) is 14.5 Å². The van der Waals surface area contributed by atoms with Gasteiger partial charge in [0.2, 0.25) is 0 Å². The van der Waals surface area contributed by atoms with E-state index in [1.165, 1.54) is 13.3 Å². The summed E-state index contributed by atoms with van der Waals surface area (Å²) in [5.41, 5.74) is 3.63. The summed E-state index contributed by atoms with van der Waals surface area (Å²) in [5.74, 6) is 0.346. The van der Waals surface area contributed by atoms with Crippen LogP contribution in [0.1, 0.15) is 26.3 Å². The molecule has 0 aliphatic rings. The zero-order valence-electron chi connectivity index (χ0n) is 17.1. The molecule has 0 radical (unpaired) electrons. The van der Waals surface area contributed by atoms with E-state index < -0.39 is 11.9 Å². The third-order valence-electron chi connectivity index (χ3n) is 4.28. The van der Waals surface area contributed by atoms with Crippen molar-refractivity contribution in [3.63, 3.8) is 0 Å². The highest BCUT2D eigenvalue weighted by molar-refractivity contribution is 9.10. The smallest absolute Gasteiger partial charge is 0.343 e. The minimum Gasteiger partial charge on any atom is -0.497 e. The number of hydrazone groups is 1. The van der Waals surface area contributed by atoms with Gasteiger partial charge >= 0.3 is 5.97 Å². The highest BCUT2D eigenvalue weighted by atomic mass is 79.9. The molecule has 3 aromatic rings. The second-order valence-corrected chi connectivity index (χ2v) is 8.18. The summed E-state index contributed by atoms with van der Waals surface area (Å²) >= 11 is 6.71. The van der Waals surface area contributed by atoms with E-state index in [2.05, 4.69) is 42.4 Å². The first-order valence-corrected chi connectivity index (χ1v) is 10.8. The normalized spacial score (nSPS) is 10.6. The molecule has 0 saturated heterocycles. The number of ether oxygens (including phenoxy) is 3. The maximum absolute atomic E-state index is 12.5. The monoisotopic (exact) mass is 560 g/mol. The van der Waals surface area contributed by atoms with Crippen molar-refractivity contribution in [3.8, 4) is 17.2 Å². The van der Waals surface area contributed by atoms with E-state index in [-0.39, 0.29) is 5.75 Å². The molecule has 0 bridgehead atoms. The number of halogens is 2.